The van der Waals surface area contributed by atoms with E-state index in [0.29, 0.717) is 5.04 Å². The molecule has 0 heterocycles. The van der Waals surface area contributed by atoms with Gasteiger partial charge in [-0.05, 0) is 59.3 Å². The lowest BCUT2D eigenvalue weighted by Crippen LogP contribution is -2.27. The maximum absolute atomic E-state index is 6.01. The summed E-state index contributed by atoms with van der Waals surface area (Å²) in [5.41, 5.74) is 4.01. The largest absolute Gasteiger partial charge is 0.493 e. The fourth-order valence-corrected chi connectivity index (χ4v) is 3.02. The molecule has 1 nitrogen and oxygen atoms in total. The van der Waals surface area contributed by atoms with Gasteiger partial charge in [-0.15, -0.1) is 0 Å². The first-order valence-corrected chi connectivity index (χ1v) is 11.9. The van der Waals surface area contributed by atoms with Gasteiger partial charge >= 0.3 is 0 Å². The van der Waals surface area contributed by atoms with Crippen LogP contribution in [0.3, 0.4) is 0 Å². The third kappa shape index (κ3) is 5.22. The lowest BCUT2D eigenvalue weighted by molar-refractivity contribution is 0.276. The molecule has 2 rings (SSSR count). The standard InChI is InChI=1S/C20H27BrOSi/c1-15-6-9-18(21)13-17(15)12-16-7-10-19(11-8-16)22-14-20(2,3)23(4)5/h6-11,13,23H,12,14H2,1-5H3. The van der Waals surface area contributed by atoms with Crippen molar-refractivity contribution < 1.29 is 4.74 Å². The van der Waals surface area contributed by atoms with E-state index in [4.69, 9.17) is 4.74 Å². The zero-order valence-corrected chi connectivity index (χ0v) is 17.6. The topological polar surface area (TPSA) is 9.23 Å². The maximum Gasteiger partial charge on any atom is 0.119 e. The van der Waals surface area contributed by atoms with Crippen LogP contribution in [-0.4, -0.2) is 15.4 Å². The molecule has 0 bridgehead atoms. The Kier molecular flexibility index (Phi) is 6.10. The summed E-state index contributed by atoms with van der Waals surface area (Å²) in [5.74, 6) is 0.974. The second kappa shape index (κ2) is 7.67. The molecule has 0 saturated heterocycles. The van der Waals surface area contributed by atoms with Crippen LogP contribution < -0.4 is 4.74 Å². The Hall–Kier alpha value is -1.06. The van der Waals surface area contributed by atoms with Gasteiger partial charge in [0.2, 0.25) is 0 Å². The minimum Gasteiger partial charge on any atom is -0.493 e. The molecule has 0 aromatic heterocycles. The Balaban J connectivity index is 2.01. The van der Waals surface area contributed by atoms with Crippen LogP contribution in [0.4, 0.5) is 0 Å². The van der Waals surface area contributed by atoms with E-state index in [1.807, 2.05) is 0 Å². The monoisotopic (exact) mass is 390 g/mol. The summed E-state index contributed by atoms with van der Waals surface area (Å²) in [6, 6.07) is 15.0. The Morgan fingerprint density at radius 1 is 1.04 bits per heavy atom. The molecular formula is C20H27BrOSi. The first kappa shape index (κ1) is 18.3. The zero-order chi connectivity index (χ0) is 17.0. The molecule has 0 N–H and O–H groups in total. The zero-order valence-electron chi connectivity index (χ0n) is 14.8. The van der Waals surface area contributed by atoms with E-state index in [2.05, 4.69) is 92.3 Å². The van der Waals surface area contributed by atoms with E-state index >= 15 is 0 Å². The number of benzene rings is 2. The second-order valence-corrected chi connectivity index (χ2v) is 12.1. The summed E-state index contributed by atoms with van der Waals surface area (Å²) in [4.78, 5) is 0. The average Bonchev–Trinajstić information content (AvgIpc) is 2.50. The molecule has 3 heteroatoms. The third-order valence-electron chi connectivity index (χ3n) is 4.80. The molecule has 0 saturated carbocycles. The fourth-order valence-electron chi connectivity index (χ4n) is 2.19. The molecule has 0 radical (unpaired) electrons. The van der Waals surface area contributed by atoms with Crippen LogP contribution >= 0.6 is 15.9 Å². The van der Waals surface area contributed by atoms with Crippen LogP contribution in [0.15, 0.2) is 46.9 Å². The summed E-state index contributed by atoms with van der Waals surface area (Å²) < 4.78 is 7.14. The first-order valence-electron chi connectivity index (χ1n) is 8.25. The van der Waals surface area contributed by atoms with E-state index in [9.17, 15) is 0 Å². The molecule has 2 aromatic carbocycles. The highest BCUT2D eigenvalue weighted by atomic mass is 79.9. The number of rotatable bonds is 6. The molecule has 0 aliphatic rings. The van der Waals surface area contributed by atoms with Gasteiger partial charge in [0.25, 0.3) is 0 Å². The SMILES string of the molecule is Cc1ccc(Br)cc1Cc1ccc(OCC(C)(C)[SiH](C)C)cc1. The smallest absolute Gasteiger partial charge is 0.119 e. The number of halogens is 1. The van der Waals surface area contributed by atoms with E-state index in [1.165, 1.54) is 16.7 Å². The van der Waals surface area contributed by atoms with Gasteiger partial charge in [0.05, 0.1) is 6.61 Å². The van der Waals surface area contributed by atoms with Crippen molar-refractivity contribution in [1.82, 2.24) is 0 Å². The van der Waals surface area contributed by atoms with Crippen molar-refractivity contribution in [3.05, 3.63) is 63.6 Å². The molecular weight excluding hydrogens is 364 g/mol. The minimum atomic E-state index is -0.718. The van der Waals surface area contributed by atoms with E-state index in [0.717, 1.165) is 23.2 Å². The number of ether oxygens (including phenoxy) is 1. The van der Waals surface area contributed by atoms with Gasteiger partial charge < -0.3 is 4.74 Å². The van der Waals surface area contributed by atoms with Gasteiger partial charge in [0.1, 0.15) is 5.75 Å². The second-order valence-electron chi connectivity index (χ2n) is 7.32. The predicted octanol–water partition coefficient (Wildman–Crippen LogP) is 5.99. The molecule has 124 valence electrons. The van der Waals surface area contributed by atoms with Crippen molar-refractivity contribution >= 4 is 24.7 Å². The lowest BCUT2D eigenvalue weighted by Gasteiger charge is -2.28. The van der Waals surface area contributed by atoms with Crippen LogP contribution in [0.1, 0.15) is 30.5 Å². The van der Waals surface area contributed by atoms with Crippen LogP contribution in [0.5, 0.6) is 5.75 Å². The first-order chi connectivity index (χ1) is 10.8. The highest BCUT2D eigenvalue weighted by molar-refractivity contribution is 9.10. The summed E-state index contributed by atoms with van der Waals surface area (Å²) in [6.45, 7) is 12.4. The molecule has 0 fully saturated rings. The summed E-state index contributed by atoms with van der Waals surface area (Å²) >= 11 is 3.56. The van der Waals surface area contributed by atoms with Crippen molar-refractivity contribution in [2.45, 2.75) is 45.3 Å². The summed E-state index contributed by atoms with van der Waals surface area (Å²) in [5, 5.41) is 0.325. The molecule has 0 unspecified atom stereocenters. The molecule has 23 heavy (non-hydrogen) atoms. The normalized spacial score (nSPS) is 11.8. The molecule has 0 aliphatic heterocycles. The van der Waals surface area contributed by atoms with Gasteiger partial charge in [-0.25, -0.2) is 0 Å². The summed E-state index contributed by atoms with van der Waals surface area (Å²) in [6.07, 6.45) is 0.954. The predicted molar refractivity (Wildman–Crippen MR) is 107 cm³/mol. The Labute approximate surface area is 150 Å². The minimum absolute atomic E-state index is 0.325. The Bertz CT molecular complexity index is 647. The van der Waals surface area contributed by atoms with Crippen LogP contribution in [0.25, 0.3) is 0 Å². The van der Waals surface area contributed by atoms with Crippen LogP contribution in [-0.2, 0) is 6.42 Å². The molecule has 0 aliphatic carbocycles. The molecule has 0 spiro atoms. The highest BCUT2D eigenvalue weighted by Crippen LogP contribution is 2.29. The van der Waals surface area contributed by atoms with Gasteiger partial charge in [0, 0.05) is 13.3 Å². The van der Waals surface area contributed by atoms with Gasteiger partial charge in [-0.1, -0.05) is 61.1 Å². The van der Waals surface area contributed by atoms with Gasteiger partial charge in [-0.2, -0.15) is 0 Å². The van der Waals surface area contributed by atoms with E-state index in [-0.39, 0.29) is 0 Å². The van der Waals surface area contributed by atoms with Crippen LogP contribution in [0, 0.1) is 6.92 Å². The Morgan fingerprint density at radius 3 is 2.30 bits per heavy atom. The van der Waals surface area contributed by atoms with E-state index < -0.39 is 8.80 Å². The highest BCUT2D eigenvalue weighted by Gasteiger charge is 2.24. The Morgan fingerprint density at radius 2 is 1.70 bits per heavy atom. The molecule has 2 aromatic rings. The van der Waals surface area contributed by atoms with Gasteiger partial charge in [0.15, 0.2) is 0 Å². The number of hydrogen-bond acceptors (Lipinski definition) is 1. The molecule has 0 atom stereocenters. The van der Waals surface area contributed by atoms with Crippen molar-refractivity contribution in [2.75, 3.05) is 6.61 Å². The number of hydrogen-bond donors (Lipinski definition) is 0. The van der Waals surface area contributed by atoms with Crippen molar-refractivity contribution in [2.24, 2.45) is 0 Å². The quantitative estimate of drug-likeness (QED) is 0.549. The van der Waals surface area contributed by atoms with Crippen molar-refractivity contribution in [1.29, 1.82) is 0 Å². The van der Waals surface area contributed by atoms with Crippen molar-refractivity contribution in [3.8, 4) is 5.75 Å². The summed E-state index contributed by atoms with van der Waals surface area (Å²) in [7, 11) is -0.718. The molecule has 0 amide bonds. The van der Waals surface area contributed by atoms with E-state index in [1.54, 1.807) is 0 Å². The van der Waals surface area contributed by atoms with Gasteiger partial charge in [-0.3, -0.25) is 0 Å². The maximum atomic E-state index is 6.01. The number of aryl methyl sites for hydroxylation is 1. The third-order valence-corrected chi connectivity index (χ3v) is 8.59. The lowest BCUT2D eigenvalue weighted by atomic mass is 10.0. The van der Waals surface area contributed by atoms with Crippen LogP contribution in [0.2, 0.25) is 18.1 Å². The van der Waals surface area contributed by atoms with Crippen molar-refractivity contribution in [3.63, 3.8) is 0 Å². The average molecular weight is 391 g/mol. The fraction of sp³-hybridized carbons (Fsp3) is 0.400.